The van der Waals surface area contributed by atoms with Gasteiger partial charge in [-0.3, -0.25) is 9.59 Å². The van der Waals surface area contributed by atoms with Crippen LogP contribution in [0.1, 0.15) is 5.56 Å². The van der Waals surface area contributed by atoms with E-state index in [1.807, 2.05) is 18.2 Å². The summed E-state index contributed by atoms with van der Waals surface area (Å²) in [5, 5.41) is 8.33. The van der Waals surface area contributed by atoms with Crippen LogP contribution in [0.3, 0.4) is 0 Å². The highest BCUT2D eigenvalue weighted by Gasteiger charge is 2.20. The lowest BCUT2D eigenvalue weighted by Crippen LogP contribution is -2.20. The first kappa shape index (κ1) is 30.5. The van der Waals surface area contributed by atoms with Crippen LogP contribution in [-0.4, -0.2) is 35.5 Å². The summed E-state index contributed by atoms with van der Waals surface area (Å²) in [6.07, 6.45) is 1.42. The van der Waals surface area contributed by atoms with E-state index in [0.29, 0.717) is 32.3 Å². The summed E-state index contributed by atoms with van der Waals surface area (Å²) in [7, 11) is 1.41. The van der Waals surface area contributed by atoms with Crippen LogP contribution in [0.25, 0.3) is 33.5 Å². The lowest BCUT2D eigenvalue weighted by atomic mass is 10.2. The van der Waals surface area contributed by atoms with Crippen LogP contribution in [0.4, 0.5) is 10.1 Å². The molecule has 6 aromatic rings. The topological polar surface area (TPSA) is 108 Å². The molecule has 0 fully saturated rings. The Morgan fingerprint density at radius 3 is 2.73 bits per heavy atom. The molecule has 45 heavy (non-hydrogen) atoms. The molecule has 1 N–H and O–H groups in total. The molecule has 1 amide bonds. The van der Waals surface area contributed by atoms with Gasteiger partial charge in [-0.25, -0.2) is 9.37 Å². The fourth-order valence-electron chi connectivity index (χ4n) is 4.52. The molecular weight excluding hydrogens is 735 g/mol. The summed E-state index contributed by atoms with van der Waals surface area (Å²) in [4.78, 5) is 30.8. The van der Waals surface area contributed by atoms with E-state index in [1.54, 1.807) is 42.5 Å². The molecule has 2 heterocycles. The smallest absolute Gasteiger partial charge is 0.282 e. The van der Waals surface area contributed by atoms with Crippen LogP contribution >= 0.6 is 43.5 Å². The third kappa shape index (κ3) is 6.35. The van der Waals surface area contributed by atoms with E-state index < -0.39 is 23.9 Å². The van der Waals surface area contributed by atoms with Crippen LogP contribution in [-0.2, 0) is 4.79 Å². The van der Waals surface area contributed by atoms with Crippen molar-refractivity contribution in [3.63, 3.8) is 0 Å². The third-order valence-electron chi connectivity index (χ3n) is 6.60. The highest BCUT2D eigenvalue weighted by molar-refractivity contribution is 9.10. The standard InChI is InChI=1S/C32H20Br2ClFN4O5/c1-43-25-13-18(28(34)29(35)30(25)44-16-27(41)38-21-6-4-5-20(36)14-21)15-37-40-31(39-23-8-3-2-7-22(23)32(40)42)26-12-17-11-19(33)9-10-24(17)45-26/h2-15H,16H2,1H3,(H,38,41). The number of halogens is 4. The molecule has 0 bridgehead atoms. The van der Waals surface area contributed by atoms with Gasteiger partial charge >= 0.3 is 0 Å². The van der Waals surface area contributed by atoms with Crippen molar-refractivity contribution < 1.29 is 23.1 Å². The Morgan fingerprint density at radius 2 is 1.93 bits per heavy atom. The molecule has 0 atom stereocenters. The van der Waals surface area contributed by atoms with Crippen molar-refractivity contribution in [2.45, 2.75) is 0 Å². The summed E-state index contributed by atoms with van der Waals surface area (Å²) in [5.41, 5.74) is 1.41. The molecule has 0 spiro atoms. The minimum atomic E-state index is -0.533. The summed E-state index contributed by atoms with van der Waals surface area (Å²) in [6, 6.07) is 21.4. The largest absolute Gasteiger partial charge is 0.493 e. The Labute approximate surface area is 276 Å². The maximum atomic E-state index is 13.7. The van der Waals surface area contributed by atoms with Gasteiger partial charge in [0.05, 0.1) is 24.2 Å². The van der Waals surface area contributed by atoms with Crippen molar-refractivity contribution in [1.29, 1.82) is 0 Å². The number of nitrogens with zero attached hydrogens (tertiary/aromatic N) is 3. The van der Waals surface area contributed by atoms with Crippen molar-refractivity contribution in [2.75, 3.05) is 19.0 Å². The van der Waals surface area contributed by atoms with Crippen LogP contribution in [0.15, 0.2) is 102 Å². The van der Waals surface area contributed by atoms with Gasteiger partial charge in [0.15, 0.2) is 23.9 Å². The first-order chi connectivity index (χ1) is 21.7. The molecular formula is C32H20Br2ClFN4O5. The number of ether oxygens (including phenoxy) is 2. The SMILES string of the molecule is COc1cc(C=Nn2c(-c3cc4cc(Br)ccc4o3)nc3ccccc3c2=O)c(Br)c(Cl)c1OCC(=O)Nc1cccc(F)c1. The number of aromatic nitrogens is 2. The monoisotopic (exact) mass is 752 g/mol. The maximum Gasteiger partial charge on any atom is 0.282 e. The zero-order valence-electron chi connectivity index (χ0n) is 23.2. The zero-order chi connectivity index (χ0) is 31.7. The first-order valence-electron chi connectivity index (χ1n) is 13.2. The number of para-hydroxylation sites is 1. The van der Waals surface area contributed by atoms with Crippen LogP contribution in [0, 0.1) is 5.82 Å². The Hall–Kier alpha value is -4.52. The van der Waals surface area contributed by atoms with E-state index in [0.717, 1.165) is 14.5 Å². The molecule has 0 aliphatic rings. The minimum Gasteiger partial charge on any atom is -0.493 e. The number of furan rings is 1. The molecule has 0 saturated heterocycles. The molecule has 226 valence electrons. The number of nitrogens with one attached hydrogen (secondary N) is 1. The Balaban J connectivity index is 1.35. The number of rotatable bonds is 8. The predicted octanol–water partition coefficient (Wildman–Crippen LogP) is 8.04. The summed E-state index contributed by atoms with van der Waals surface area (Å²) >= 11 is 13.6. The molecule has 13 heteroatoms. The third-order valence-corrected chi connectivity index (χ3v) is 8.53. The van der Waals surface area contributed by atoms with Crippen molar-refractivity contribution in [2.24, 2.45) is 5.10 Å². The van der Waals surface area contributed by atoms with E-state index in [2.05, 4.69) is 42.3 Å². The van der Waals surface area contributed by atoms with E-state index in [4.69, 9.17) is 30.5 Å². The quantitative estimate of drug-likeness (QED) is 0.158. The molecule has 0 aliphatic carbocycles. The number of carbonyl (C=O) groups excluding carboxylic acids is 1. The lowest BCUT2D eigenvalue weighted by molar-refractivity contribution is -0.118. The molecule has 0 unspecified atom stereocenters. The van der Waals surface area contributed by atoms with Gasteiger partial charge < -0.3 is 19.2 Å². The molecule has 0 saturated carbocycles. The molecule has 4 aromatic carbocycles. The number of benzene rings is 4. The van der Waals surface area contributed by atoms with Gasteiger partial charge in [0.1, 0.15) is 16.4 Å². The summed E-state index contributed by atoms with van der Waals surface area (Å²) in [5.74, 6) is -0.182. The Kier molecular flexibility index (Phi) is 8.70. The van der Waals surface area contributed by atoms with Gasteiger partial charge in [0.2, 0.25) is 5.82 Å². The fourth-order valence-corrected chi connectivity index (χ4v) is 5.55. The number of fused-ring (bicyclic) bond motifs is 2. The van der Waals surface area contributed by atoms with Crippen molar-refractivity contribution in [1.82, 2.24) is 9.66 Å². The van der Waals surface area contributed by atoms with Gasteiger partial charge in [-0.15, -0.1) is 0 Å². The van der Waals surface area contributed by atoms with Crippen molar-refractivity contribution >= 4 is 83.1 Å². The minimum absolute atomic E-state index is 0.0937. The van der Waals surface area contributed by atoms with Crippen LogP contribution in [0.2, 0.25) is 5.02 Å². The normalized spacial score (nSPS) is 11.4. The number of hydrogen-bond acceptors (Lipinski definition) is 7. The number of methoxy groups -OCH3 is 1. The summed E-state index contributed by atoms with van der Waals surface area (Å²) in [6.45, 7) is -0.429. The maximum absolute atomic E-state index is 13.7. The van der Waals surface area contributed by atoms with Gasteiger partial charge in [0.25, 0.3) is 11.5 Å². The average Bonchev–Trinajstić information content (AvgIpc) is 3.45. The molecule has 9 nitrogen and oxygen atoms in total. The Morgan fingerprint density at radius 1 is 1.11 bits per heavy atom. The fraction of sp³-hybridized carbons (Fsp3) is 0.0625. The van der Waals surface area contributed by atoms with Crippen LogP contribution < -0.4 is 20.3 Å². The highest BCUT2D eigenvalue weighted by atomic mass is 79.9. The predicted molar refractivity (Wildman–Crippen MR) is 178 cm³/mol. The van der Waals surface area contributed by atoms with Gasteiger partial charge in [-0.1, -0.05) is 45.7 Å². The molecule has 2 aromatic heterocycles. The molecule has 0 radical (unpaired) electrons. The second-order valence-electron chi connectivity index (χ2n) is 9.58. The first-order valence-corrected chi connectivity index (χ1v) is 15.2. The van der Waals surface area contributed by atoms with Gasteiger partial charge in [-0.05, 0) is 76.6 Å². The second-order valence-corrected chi connectivity index (χ2v) is 11.7. The number of hydrogen-bond donors (Lipinski definition) is 1. The van der Waals surface area contributed by atoms with E-state index in [-0.39, 0.29) is 28.0 Å². The Bertz CT molecular complexity index is 2200. The molecule has 6 rings (SSSR count). The van der Waals surface area contributed by atoms with E-state index in [9.17, 15) is 14.0 Å². The van der Waals surface area contributed by atoms with E-state index >= 15 is 0 Å². The zero-order valence-corrected chi connectivity index (χ0v) is 27.1. The number of amides is 1. The highest BCUT2D eigenvalue weighted by Crippen LogP contribution is 2.42. The van der Waals surface area contributed by atoms with Gasteiger partial charge in [0, 0.05) is 25.6 Å². The van der Waals surface area contributed by atoms with Crippen molar-refractivity contribution in [3.05, 3.63) is 115 Å². The molecule has 0 aliphatic heterocycles. The average molecular weight is 755 g/mol. The number of carbonyl (C=O) groups is 1. The van der Waals surface area contributed by atoms with Gasteiger partial charge in [-0.2, -0.15) is 9.78 Å². The lowest BCUT2D eigenvalue weighted by Gasteiger charge is -2.15. The summed E-state index contributed by atoms with van der Waals surface area (Å²) < 4.78 is 33.1. The number of anilines is 1. The van der Waals surface area contributed by atoms with Crippen LogP contribution in [0.5, 0.6) is 11.5 Å². The van der Waals surface area contributed by atoms with E-state index in [1.165, 1.54) is 31.5 Å². The second kappa shape index (κ2) is 12.8. The van der Waals surface area contributed by atoms with Crippen molar-refractivity contribution in [3.8, 4) is 23.1 Å².